The van der Waals surface area contributed by atoms with Gasteiger partial charge in [0.05, 0.1) is 15.0 Å². The van der Waals surface area contributed by atoms with Gasteiger partial charge in [0, 0.05) is 0 Å². The van der Waals surface area contributed by atoms with Crippen molar-refractivity contribution in [2.75, 3.05) is 0 Å². The Morgan fingerprint density at radius 3 is 2.88 bits per heavy atom. The van der Waals surface area contributed by atoms with E-state index >= 15 is 0 Å². The highest BCUT2D eigenvalue weighted by Crippen LogP contribution is 2.20. The average Bonchev–Trinajstić information content (AvgIpc) is 2.14. The predicted molar refractivity (Wildman–Crippen MR) is 34.6 cm³/mol. The van der Waals surface area contributed by atoms with Crippen molar-refractivity contribution in [3.05, 3.63) is 15.0 Å². The third-order valence-corrected chi connectivity index (χ3v) is 2.39. The number of halogens is 2. The molecule has 0 N–H and O–H groups in total. The molecular weight excluding hydrogens is 193 g/mol. The first-order valence-electron chi connectivity index (χ1n) is 1.98. The summed E-state index contributed by atoms with van der Waals surface area (Å²) in [5.74, 6) is 0. The molecule has 0 bridgehead atoms. The van der Waals surface area contributed by atoms with E-state index in [2.05, 4.69) is 20.9 Å². The summed E-state index contributed by atoms with van der Waals surface area (Å²) in [6.07, 6.45) is 0. The number of nitrogens with zero attached hydrogens (tertiary/aromatic N) is 1. The van der Waals surface area contributed by atoms with Gasteiger partial charge in [-0.15, -0.1) is 11.3 Å². The van der Waals surface area contributed by atoms with E-state index in [0.29, 0.717) is 5.69 Å². The van der Waals surface area contributed by atoms with Crippen LogP contribution in [0.2, 0.25) is 0 Å². The highest BCUT2D eigenvalue weighted by molar-refractivity contribution is 9.11. The molecule has 0 saturated carbocycles. The minimum atomic E-state index is -0.482. The van der Waals surface area contributed by atoms with Gasteiger partial charge >= 0.3 is 0 Å². The molecule has 0 aliphatic rings. The van der Waals surface area contributed by atoms with Crippen molar-refractivity contribution < 1.29 is 4.39 Å². The summed E-state index contributed by atoms with van der Waals surface area (Å²) in [6.45, 7) is -0.482. The van der Waals surface area contributed by atoms with Crippen molar-refractivity contribution in [2.24, 2.45) is 0 Å². The highest BCUT2D eigenvalue weighted by Gasteiger charge is 1.98. The first kappa shape index (κ1) is 6.16. The Morgan fingerprint density at radius 1 is 1.88 bits per heavy atom. The fraction of sp³-hybridized carbons (Fsp3) is 0.250. The van der Waals surface area contributed by atoms with E-state index in [1.165, 1.54) is 11.3 Å². The van der Waals surface area contributed by atoms with Crippen molar-refractivity contribution >= 4 is 27.3 Å². The lowest BCUT2D eigenvalue weighted by atomic mass is 10.6. The molecule has 44 valence electrons. The van der Waals surface area contributed by atoms with E-state index in [0.717, 1.165) is 3.79 Å². The summed E-state index contributed by atoms with van der Waals surface area (Å²) in [4.78, 5) is 3.73. The Balaban J connectivity index is 2.92. The molecule has 1 rings (SSSR count). The number of thiazole rings is 1. The van der Waals surface area contributed by atoms with E-state index in [9.17, 15) is 4.39 Å². The third kappa shape index (κ3) is 1.06. The highest BCUT2D eigenvalue weighted by atomic mass is 79.9. The zero-order valence-corrected chi connectivity index (χ0v) is 6.30. The monoisotopic (exact) mass is 195 g/mol. The minimum Gasteiger partial charge on any atom is -0.246 e. The molecule has 0 saturated heterocycles. The number of aromatic nitrogens is 1. The van der Waals surface area contributed by atoms with Crippen LogP contribution >= 0.6 is 27.3 Å². The SMILES string of the molecule is FCc1ncsc1Br. The maximum absolute atomic E-state index is 11.7. The molecule has 8 heavy (non-hydrogen) atoms. The van der Waals surface area contributed by atoms with Crippen molar-refractivity contribution in [1.29, 1.82) is 0 Å². The fourth-order valence-electron chi connectivity index (χ4n) is 0.342. The van der Waals surface area contributed by atoms with Crippen molar-refractivity contribution in [3.8, 4) is 0 Å². The normalized spacial score (nSPS) is 9.75. The summed E-state index contributed by atoms with van der Waals surface area (Å²) in [7, 11) is 0. The second-order valence-corrected chi connectivity index (χ2v) is 3.38. The maximum atomic E-state index is 11.7. The zero-order valence-electron chi connectivity index (χ0n) is 3.90. The van der Waals surface area contributed by atoms with Crippen LogP contribution in [0.25, 0.3) is 0 Å². The van der Waals surface area contributed by atoms with Crippen LogP contribution < -0.4 is 0 Å². The molecule has 0 fully saturated rings. The van der Waals surface area contributed by atoms with Crippen LogP contribution in [0.15, 0.2) is 9.30 Å². The largest absolute Gasteiger partial charge is 0.246 e. The molecule has 0 spiro atoms. The molecule has 0 aromatic carbocycles. The maximum Gasteiger partial charge on any atom is 0.133 e. The molecule has 1 heterocycles. The summed E-state index contributed by atoms with van der Waals surface area (Å²) in [6, 6.07) is 0. The number of alkyl halides is 1. The van der Waals surface area contributed by atoms with E-state index in [1.54, 1.807) is 5.51 Å². The zero-order chi connectivity index (χ0) is 5.98. The number of rotatable bonds is 1. The van der Waals surface area contributed by atoms with E-state index in [1.807, 2.05) is 0 Å². The minimum absolute atomic E-state index is 0.482. The summed E-state index contributed by atoms with van der Waals surface area (Å²) in [5.41, 5.74) is 2.11. The van der Waals surface area contributed by atoms with Gasteiger partial charge in [0.25, 0.3) is 0 Å². The molecule has 0 aliphatic carbocycles. The molecule has 1 nitrogen and oxygen atoms in total. The van der Waals surface area contributed by atoms with E-state index in [4.69, 9.17) is 0 Å². The van der Waals surface area contributed by atoms with Crippen LogP contribution in [0, 0.1) is 0 Å². The lowest BCUT2D eigenvalue weighted by molar-refractivity contribution is 0.476. The summed E-state index contributed by atoms with van der Waals surface area (Å²) < 4.78 is 12.5. The van der Waals surface area contributed by atoms with Gasteiger partial charge in [0.15, 0.2) is 0 Å². The topological polar surface area (TPSA) is 12.9 Å². The Hall–Kier alpha value is 0.0400. The molecule has 1 aromatic rings. The summed E-state index contributed by atoms with van der Waals surface area (Å²) >= 11 is 4.54. The first-order valence-corrected chi connectivity index (χ1v) is 3.65. The molecule has 4 heteroatoms. The fourth-order valence-corrected chi connectivity index (χ4v) is 1.32. The Bertz CT molecular complexity index is 176. The third-order valence-electron chi connectivity index (χ3n) is 0.718. The Morgan fingerprint density at radius 2 is 2.62 bits per heavy atom. The van der Waals surface area contributed by atoms with Gasteiger partial charge < -0.3 is 0 Å². The molecule has 0 aliphatic heterocycles. The van der Waals surface area contributed by atoms with Gasteiger partial charge in [0.2, 0.25) is 0 Å². The summed E-state index contributed by atoms with van der Waals surface area (Å²) in [5, 5.41) is 0. The van der Waals surface area contributed by atoms with Crippen molar-refractivity contribution in [1.82, 2.24) is 4.98 Å². The van der Waals surface area contributed by atoms with Gasteiger partial charge in [-0.05, 0) is 15.9 Å². The Labute approximate surface area is 58.7 Å². The molecule has 0 unspecified atom stereocenters. The average molecular weight is 196 g/mol. The van der Waals surface area contributed by atoms with Crippen molar-refractivity contribution in [3.63, 3.8) is 0 Å². The van der Waals surface area contributed by atoms with Gasteiger partial charge in [0.1, 0.15) is 6.67 Å². The Kier molecular flexibility index (Phi) is 1.96. The van der Waals surface area contributed by atoms with E-state index in [-0.39, 0.29) is 0 Å². The lowest BCUT2D eigenvalue weighted by Gasteiger charge is -1.81. The first-order chi connectivity index (χ1) is 3.84. The van der Waals surface area contributed by atoms with Crippen LogP contribution in [0.4, 0.5) is 4.39 Å². The smallest absolute Gasteiger partial charge is 0.133 e. The van der Waals surface area contributed by atoms with Gasteiger partial charge in [-0.25, -0.2) is 9.37 Å². The molecular formula is C4H3BrFNS. The van der Waals surface area contributed by atoms with Crippen LogP contribution in [0.1, 0.15) is 5.69 Å². The van der Waals surface area contributed by atoms with Crippen molar-refractivity contribution in [2.45, 2.75) is 6.67 Å². The van der Waals surface area contributed by atoms with Crippen LogP contribution in [0.5, 0.6) is 0 Å². The van der Waals surface area contributed by atoms with Crippen LogP contribution in [-0.4, -0.2) is 4.98 Å². The second-order valence-electron chi connectivity index (χ2n) is 1.21. The van der Waals surface area contributed by atoms with Gasteiger partial charge in [-0.2, -0.15) is 0 Å². The van der Waals surface area contributed by atoms with E-state index < -0.39 is 6.67 Å². The number of hydrogen-bond acceptors (Lipinski definition) is 2. The second kappa shape index (κ2) is 2.55. The molecule has 0 atom stereocenters. The van der Waals surface area contributed by atoms with Gasteiger partial charge in [-0.3, -0.25) is 0 Å². The molecule has 0 amide bonds. The van der Waals surface area contributed by atoms with Crippen LogP contribution in [0.3, 0.4) is 0 Å². The quantitative estimate of drug-likeness (QED) is 0.671. The predicted octanol–water partition coefficient (Wildman–Crippen LogP) is 2.38. The van der Waals surface area contributed by atoms with Crippen LogP contribution in [-0.2, 0) is 6.67 Å². The molecule has 1 aromatic heterocycles. The standard InChI is InChI=1S/C4H3BrFNS/c5-4-3(1-6)7-2-8-4/h2H,1H2. The number of hydrogen-bond donors (Lipinski definition) is 0. The van der Waals surface area contributed by atoms with Gasteiger partial charge in [-0.1, -0.05) is 0 Å². The lowest BCUT2D eigenvalue weighted by Crippen LogP contribution is -1.74. The molecule has 0 radical (unpaired) electrons.